The standard InChI is InChI=1S/C10H18N4S/c1-10(2,3)14-5-7(6-14)8-11-12-9(15)13(8)4/h7H,5-6H2,1-4H3,(H,12,15). The summed E-state index contributed by atoms with van der Waals surface area (Å²) in [6.07, 6.45) is 0. The highest BCUT2D eigenvalue weighted by molar-refractivity contribution is 7.71. The Hall–Kier alpha value is -0.680. The van der Waals surface area contributed by atoms with Gasteiger partial charge in [-0.25, -0.2) is 0 Å². The van der Waals surface area contributed by atoms with Gasteiger partial charge in [-0.1, -0.05) is 0 Å². The molecule has 0 spiro atoms. The van der Waals surface area contributed by atoms with E-state index in [1.165, 1.54) is 0 Å². The van der Waals surface area contributed by atoms with E-state index in [1.807, 2.05) is 11.6 Å². The highest BCUT2D eigenvalue weighted by atomic mass is 32.1. The SMILES string of the molecule is Cn1c(C2CN(C(C)(C)C)C2)n[nH]c1=S. The smallest absolute Gasteiger partial charge is 0.194 e. The molecule has 0 saturated carbocycles. The van der Waals surface area contributed by atoms with Crippen molar-refractivity contribution in [3.63, 3.8) is 0 Å². The van der Waals surface area contributed by atoms with E-state index in [0.717, 1.165) is 18.9 Å². The molecule has 1 saturated heterocycles. The van der Waals surface area contributed by atoms with Crippen LogP contribution >= 0.6 is 12.2 Å². The van der Waals surface area contributed by atoms with E-state index in [0.29, 0.717) is 10.7 Å². The molecule has 1 aliphatic heterocycles. The number of H-pyrrole nitrogens is 1. The third kappa shape index (κ3) is 1.86. The molecule has 15 heavy (non-hydrogen) atoms. The largest absolute Gasteiger partial charge is 0.307 e. The van der Waals surface area contributed by atoms with E-state index >= 15 is 0 Å². The second-order valence-corrected chi connectivity index (χ2v) is 5.61. The molecule has 1 fully saturated rings. The first-order valence-electron chi connectivity index (χ1n) is 5.26. The number of hydrogen-bond donors (Lipinski definition) is 1. The van der Waals surface area contributed by atoms with Gasteiger partial charge in [0.25, 0.3) is 0 Å². The van der Waals surface area contributed by atoms with Crippen LogP contribution in [0.4, 0.5) is 0 Å². The predicted molar refractivity (Wildman–Crippen MR) is 62.5 cm³/mol. The summed E-state index contributed by atoms with van der Waals surface area (Å²) in [5.41, 5.74) is 0.266. The van der Waals surface area contributed by atoms with E-state index in [2.05, 4.69) is 35.9 Å². The van der Waals surface area contributed by atoms with E-state index in [-0.39, 0.29) is 5.54 Å². The Labute approximate surface area is 95.3 Å². The lowest BCUT2D eigenvalue weighted by atomic mass is 9.92. The van der Waals surface area contributed by atoms with Crippen molar-refractivity contribution in [3.8, 4) is 0 Å². The molecule has 2 rings (SSSR count). The zero-order chi connectivity index (χ0) is 11.2. The Bertz CT molecular complexity index is 406. The van der Waals surface area contributed by atoms with Crippen molar-refractivity contribution in [1.29, 1.82) is 0 Å². The molecule has 0 atom stereocenters. The Morgan fingerprint density at radius 3 is 2.40 bits per heavy atom. The van der Waals surface area contributed by atoms with Crippen molar-refractivity contribution in [2.75, 3.05) is 13.1 Å². The van der Waals surface area contributed by atoms with Gasteiger partial charge in [-0.3, -0.25) is 10.00 Å². The Morgan fingerprint density at radius 1 is 1.40 bits per heavy atom. The van der Waals surface area contributed by atoms with Crippen LogP contribution in [0, 0.1) is 4.77 Å². The van der Waals surface area contributed by atoms with Gasteiger partial charge in [-0.15, -0.1) is 0 Å². The van der Waals surface area contributed by atoms with Crippen molar-refractivity contribution in [2.45, 2.75) is 32.2 Å². The average molecular weight is 226 g/mol. The monoisotopic (exact) mass is 226 g/mol. The maximum absolute atomic E-state index is 5.10. The first kappa shape index (κ1) is 10.8. The van der Waals surface area contributed by atoms with Gasteiger partial charge in [-0.2, -0.15) is 5.10 Å². The van der Waals surface area contributed by atoms with Crippen molar-refractivity contribution >= 4 is 12.2 Å². The minimum atomic E-state index is 0.266. The van der Waals surface area contributed by atoms with Gasteiger partial charge < -0.3 is 4.57 Å². The van der Waals surface area contributed by atoms with Crippen molar-refractivity contribution in [3.05, 3.63) is 10.6 Å². The Morgan fingerprint density at radius 2 is 2.00 bits per heavy atom. The number of nitrogens with one attached hydrogen (secondary N) is 1. The number of aromatic nitrogens is 3. The summed E-state index contributed by atoms with van der Waals surface area (Å²) < 4.78 is 2.68. The van der Waals surface area contributed by atoms with E-state index in [1.54, 1.807) is 0 Å². The molecular formula is C10H18N4S. The van der Waals surface area contributed by atoms with Crippen LogP contribution in [0.5, 0.6) is 0 Å². The molecule has 0 aromatic carbocycles. The third-order valence-corrected chi connectivity index (χ3v) is 3.47. The predicted octanol–water partition coefficient (Wildman–Crippen LogP) is 1.68. The highest BCUT2D eigenvalue weighted by Crippen LogP contribution is 2.31. The van der Waals surface area contributed by atoms with Crippen molar-refractivity contribution < 1.29 is 0 Å². The van der Waals surface area contributed by atoms with Gasteiger partial charge in [0, 0.05) is 31.6 Å². The van der Waals surface area contributed by atoms with Crippen LogP contribution < -0.4 is 0 Å². The molecule has 5 heteroatoms. The number of rotatable bonds is 1. The van der Waals surface area contributed by atoms with Crippen LogP contribution in [0.3, 0.4) is 0 Å². The molecule has 1 N–H and O–H groups in total. The van der Waals surface area contributed by atoms with Crippen LogP contribution in [-0.2, 0) is 7.05 Å². The van der Waals surface area contributed by atoms with Crippen LogP contribution in [-0.4, -0.2) is 38.3 Å². The highest BCUT2D eigenvalue weighted by Gasteiger charge is 2.37. The lowest BCUT2D eigenvalue weighted by Crippen LogP contribution is -2.55. The Balaban J connectivity index is 2.07. The number of nitrogens with zero attached hydrogens (tertiary/aromatic N) is 3. The van der Waals surface area contributed by atoms with Crippen LogP contribution in [0.15, 0.2) is 0 Å². The normalized spacial score (nSPS) is 19.2. The number of hydrogen-bond acceptors (Lipinski definition) is 3. The summed E-state index contributed by atoms with van der Waals surface area (Å²) in [5, 5.41) is 7.11. The van der Waals surface area contributed by atoms with Crippen LogP contribution in [0.25, 0.3) is 0 Å². The van der Waals surface area contributed by atoms with Crippen LogP contribution in [0.2, 0.25) is 0 Å². The number of aromatic amines is 1. The lowest BCUT2D eigenvalue weighted by Gasteiger charge is -2.47. The molecular weight excluding hydrogens is 208 g/mol. The van der Waals surface area contributed by atoms with E-state index < -0.39 is 0 Å². The summed E-state index contributed by atoms with van der Waals surface area (Å²) >= 11 is 5.10. The topological polar surface area (TPSA) is 36.9 Å². The van der Waals surface area contributed by atoms with Gasteiger partial charge in [0.1, 0.15) is 5.82 Å². The fourth-order valence-electron chi connectivity index (χ4n) is 1.91. The summed E-state index contributed by atoms with van der Waals surface area (Å²) in [4.78, 5) is 2.45. The number of likely N-dealkylation sites (tertiary alicyclic amines) is 1. The molecule has 0 amide bonds. The van der Waals surface area contributed by atoms with Gasteiger partial charge >= 0.3 is 0 Å². The molecule has 84 valence electrons. The zero-order valence-corrected chi connectivity index (χ0v) is 10.6. The molecule has 0 aliphatic carbocycles. The second kappa shape index (κ2) is 3.42. The summed E-state index contributed by atoms with van der Waals surface area (Å²) in [7, 11) is 1.97. The summed E-state index contributed by atoms with van der Waals surface area (Å²) in [6.45, 7) is 8.89. The second-order valence-electron chi connectivity index (χ2n) is 5.22. The molecule has 0 unspecified atom stereocenters. The Kier molecular flexibility index (Phi) is 2.47. The molecule has 1 aromatic heterocycles. The minimum Gasteiger partial charge on any atom is -0.307 e. The van der Waals surface area contributed by atoms with E-state index in [4.69, 9.17) is 12.2 Å². The van der Waals surface area contributed by atoms with Gasteiger partial charge in [0.2, 0.25) is 0 Å². The average Bonchev–Trinajstić information content (AvgIpc) is 2.30. The van der Waals surface area contributed by atoms with Crippen molar-refractivity contribution in [2.24, 2.45) is 7.05 Å². The van der Waals surface area contributed by atoms with Crippen molar-refractivity contribution in [1.82, 2.24) is 19.7 Å². The fraction of sp³-hybridized carbons (Fsp3) is 0.800. The first-order valence-corrected chi connectivity index (χ1v) is 5.67. The van der Waals surface area contributed by atoms with Gasteiger partial charge in [0.05, 0.1) is 0 Å². The lowest BCUT2D eigenvalue weighted by molar-refractivity contribution is 0.0430. The summed E-state index contributed by atoms with van der Waals surface area (Å²) in [5.74, 6) is 1.61. The summed E-state index contributed by atoms with van der Waals surface area (Å²) in [6, 6.07) is 0. The van der Waals surface area contributed by atoms with Gasteiger partial charge in [0.15, 0.2) is 4.77 Å². The first-order chi connectivity index (χ1) is 6.89. The van der Waals surface area contributed by atoms with E-state index in [9.17, 15) is 0 Å². The molecule has 0 bridgehead atoms. The maximum Gasteiger partial charge on any atom is 0.194 e. The maximum atomic E-state index is 5.10. The third-order valence-electron chi connectivity index (χ3n) is 3.11. The fourth-order valence-corrected chi connectivity index (χ4v) is 2.05. The quantitative estimate of drug-likeness (QED) is 0.740. The molecule has 1 aliphatic rings. The molecule has 0 radical (unpaired) electrons. The molecule has 2 heterocycles. The minimum absolute atomic E-state index is 0.266. The molecule has 4 nitrogen and oxygen atoms in total. The zero-order valence-electron chi connectivity index (χ0n) is 9.74. The van der Waals surface area contributed by atoms with Gasteiger partial charge in [-0.05, 0) is 33.0 Å². The molecule has 1 aromatic rings. The van der Waals surface area contributed by atoms with Crippen LogP contribution in [0.1, 0.15) is 32.5 Å².